The first-order valence-corrected chi connectivity index (χ1v) is 8.05. The van der Waals surface area contributed by atoms with Gasteiger partial charge < -0.3 is 14.8 Å². The molecule has 1 heterocycles. The molecule has 1 atom stereocenters. The lowest BCUT2D eigenvalue weighted by molar-refractivity contribution is -0.124. The van der Waals surface area contributed by atoms with Crippen LogP contribution in [0.3, 0.4) is 0 Å². The zero-order chi connectivity index (χ0) is 16.0. The highest BCUT2D eigenvalue weighted by Gasteiger charge is 2.22. The average Bonchev–Trinajstić information content (AvgIpc) is 2.96. The van der Waals surface area contributed by atoms with Gasteiger partial charge in [0.1, 0.15) is 0 Å². The van der Waals surface area contributed by atoms with Crippen molar-refractivity contribution in [3.8, 4) is 0 Å². The second kappa shape index (κ2) is 7.75. The van der Waals surface area contributed by atoms with E-state index in [0.29, 0.717) is 19.6 Å². The maximum atomic E-state index is 12.1. The van der Waals surface area contributed by atoms with E-state index in [2.05, 4.69) is 24.4 Å². The number of carbonyl (C=O) groups excluding carboxylic acids is 1. The third-order valence-corrected chi connectivity index (χ3v) is 3.99. The van der Waals surface area contributed by atoms with Crippen LogP contribution >= 0.6 is 0 Å². The van der Waals surface area contributed by atoms with Gasteiger partial charge in [-0.1, -0.05) is 29.8 Å². The number of nitrogens with one attached hydrogen (secondary N) is 1. The molecule has 1 aliphatic rings. The van der Waals surface area contributed by atoms with Crippen LogP contribution in [0, 0.1) is 6.92 Å². The molecule has 1 amide bonds. The van der Waals surface area contributed by atoms with Crippen molar-refractivity contribution in [3.05, 3.63) is 35.4 Å². The summed E-state index contributed by atoms with van der Waals surface area (Å²) in [7, 11) is 0. The van der Waals surface area contributed by atoms with Crippen LogP contribution in [0.1, 0.15) is 44.2 Å². The van der Waals surface area contributed by atoms with Crippen molar-refractivity contribution in [1.29, 1.82) is 0 Å². The summed E-state index contributed by atoms with van der Waals surface area (Å²) in [5, 5.41) is 3.08. The Labute approximate surface area is 133 Å². The number of benzene rings is 1. The molecule has 2 rings (SSSR count). The Hall–Kier alpha value is -1.39. The van der Waals surface area contributed by atoms with E-state index >= 15 is 0 Å². The Morgan fingerprint density at radius 3 is 2.95 bits per heavy atom. The smallest absolute Gasteiger partial charge is 0.222 e. The Balaban J connectivity index is 1.73. The molecule has 4 nitrogen and oxygen atoms in total. The summed E-state index contributed by atoms with van der Waals surface area (Å²) in [5.41, 5.74) is 1.93. The van der Waals surface area contributed by atoms with Gasteiger partial charge in [0, 0.05) is 13.0 Å². The molecular formula is C18H27NO3. The number of hydrogen-bond acceptors (Lipinski definition) is 3. The normalized spacial score (nSPS) is 18.4. The van der Waals surface area contributed by atoms with Gasteiger partial charge >= 0.3 is 0 Å². The van der Waals surface area contributed by atoms with Gasteiger partial charge in [0.15, 0.2) is 0 Å². The summed E-state index contributed by atoms with van der Waals surface area (Å²) in [4.78, 5) is 12.1. The first-order valence-electron chi connectivity index (χ1n) is 8.05. The molecule has 0 spiro atoms. The fraction of sp³-hybridized carbons (Fsp3) is 0.611. The molecule has 1 aromatic carbocycles. The van der Waals surface area contributed by atoms with Crippen molar-refractivity contribution in [2.45, 2.75) is 51.7 Å². The Kier molecular flexibility index (Phi) is 5.98. The van der Waals surface area contributed by atoms with Crippen LogP contribution < -0.4 is 5.32 Å². The zero-order valence-corrected chi connectivity index (χ0v) is 13.9. The minimum absolute atomic E-state index is 0.0128. The van der Waals surface area contributed by atoms with Crippen LogP contribution in [0.25, 0.3) is 0 Å². The van der Waals surface area contributed by atoms with E-state index in [9.17, 15) is 4.79 Å². The van der Waals surface area contributed by atoms with Gasteiger partial charge in [-0.05, 0) is 39.2 Å². The van der Waals surface area contributed by atoms with E-state index < -0.39 is 0 Å². The molecule has 22 heavy (non-hydrogen) atoms. The summed E-state index contributed by atoms with van der Waals surface area (Å²) in [5.74, 6) is 0.0128. The van der Waals surface area contributed by atoms with Gasteiger partial charge in [0.05, 0.1) is 24.9 Å². The zero-order valence-electron chi connectivity index (χ0n) is 13.9. The quantitative estimate of drug-likeness (QED) is 0.788. The van der Waals surface area contributed by atoms with Crippen molar-refractivity contribution in [3.63, 3.8) is 0 Å². The molecule has 0 bridgehead atoms. The lowest BCUT2D eigenvalue weighted by Gasteiger charge is -2.27. The molecule has 122 valence electrons. The molecule has 1 saturated heterocycles. The molecule has 0 saturated carbocycles. The molecule has 1 aromatic rings. The number of aryl methyl sites for hydroxylation is 1. The first-order chi connectivity index (χ1) is 10.5. The van der Waals surface area contributed by atoms with Gasteiger partial charge in [0.2, 0.25) is 5.91 Å². The molecule has 1 N–H and O–H groups in total. The largest absolute Gasteiger partial charge is 0.378 e. The van der Waals surface area contributed by atoms with Crippen LogP contribution in [0.4, 0.5) is 0 Å². The monoisotopic (exact) mass is 305 g/mol. The molecule has 0 aromatic heterocycles. The predicted octanol–water partition coefficient (Wildman–Crippen LogP) is 2.93. The van der Waals surface area contributed by atoms with Crippen molar-refractivity contribution in [2.24, 2.45) is 0 Å². The minimum atomic E-state index is -0.377. The molecule has 4 heteroatoms. The molecule has 1 aliphatic heterocycles. The molecule has 1 fully saturated rings. The number of ether oxygens (including phenoxy) is 2. The molecular weight excluding hydrogens is 278 g/mol. The lowest BCUT2D eigenvalue weighted by Crippen LogP contribution is -2.41. The fourth-order valence-corrected chi connectivity index (χ4v) is 2.67. The first kappa shape index (κ1) is 17.0. The van der Waals surface area contributed by atoms with Crippen LogP contribution in [0.5, 0.6) is 0 Å². The van der Waals surface area contributed by atoms with Crippen molar-refractivity contribution in [1.82, 2.24) is 5.32 Å². The highest BCUT2D eigenvalue weighted by Crippen LogP contribution is 2.21. The second-order valence-electron chi connectivity index (χ2n) is 6.50. The molecule has 0 aliphatic carbocycles. The van der Waals surface area contributed by atoms with E-state index in [1.54, 1.807) is 0 Å². The highest BCUT2D eigenvalue weighted by atomic mass is 16.5. The Morgan fingerprint density at radius 2 is 2.27 bits per heavy atom. The van der Waals surface area contributed by atoms with E-state index in [-0.39, 0.29) is 17.6 Å². The average molecular weight is 305 g/mol. The van der Waals surface area contributed by atoms with E-state index in [4.69, 9.17) is 9.47 Å². The SMILES string of the molecule is Cc1cccc(C(C)(C)NC(=O)CCOCC2CCCO2)c1. The van der Waals surface area contributed by atoms with E-state index in [1.165, 1.54) is 5.56 Å². The molecule has 0 radical (unpaired) electrons. The van der Waals surface area contributed by atoms with Crippen LogP contribution in [0.2, 0.25) is 0 Å². The van der Waals surface area contributed by atoms with Gasteiger partial charge in [-0.3, -0.25) is 4.79 Å². The number of carbonyl (C=O) groups is 1. The Morgan fingerprint density at radius 1 is 1.45 bits per heavy atom. The van der Waals surface area contributed by atoms with Gasteiger partial charge in [-0.25, -0.2) is 0 Å². The summed E-state index contributed by atoms with van der Waals surface area (Å²) >= 11 is 0. The van der Waals surface area contributed by atoms with Crippen LogP contribution in [-0.2, 0) is 19.8 Å². The van der Waals surface area contributed by atoms with Crippen molar-refractivity contribution >= 4 is 5.91 Å². The maximum Gasteiger partial charge on any atom is 0.222 e. The Bertz CT molecular complexity index is 493. The van der Waals surface area contributed by atoms with Crippen LogP contribution in [-0.4, -0.2) is 31.8 Å². The molecule has 1 unspecified atom stereocenters. The van der Waals surface area contributed by atoms with Gasteiger partial charge in [-0.2, -0.15) is 0 Å². The second-order valence-corrected chi connectivity index (χ2v) is 6.50. The summed E-state index contributed by atoms with van der Waals surface area (Å²) in [6.45, 7) is 7.96. The summed E-state index contributed by atoms with van der Waals surface area (Å²) in [6.07, 6.45) is 2.76. The number of amides is 1. The van der Waals surface area contributed by atoms with E-state index in [1.807, 2.05) is 26.0 Å². The lowest BCUT2D eigenvalue weighted by atomic mass is 9.93. The topological polar surface area (TPSA) is 47.6 Å². The summed E-state index contributed by atoms with van der Waals surface area (Å²) < 4.78 is 11.0. The number of hydrogen-bond donors (Lipinski definition) is 1. The third kappa shape index (κ3) is 5.11. The minimum Gasteiger partial charge on any atom is -0.378 e. The standard InChI is InChI=1S/C18H27NO3/c1-14-6-4-7-15(12-14)18(2,3)19-17(20)9-11-21-13-16-8-5-10-22-16/h4,6-7,12,16H,5,8-11,13H2,1-3H3,(H,19,20). The predicted molar refractivity (Wildman–Crippen MR) is 86.8 cm³/mol. The summed E-state index contributed by atoms with van der Waals surface area (Å²) in [6, 6.07) is 8.22. The van der Waals surface area contributed by atoms with Crippen molar-refractivity contribution in [2.75, 3.05) is 19.8 Å². The van der Waals surface area contributed by atoms with Gasteiger partial charge in [-0.15, -0.1) is 0 Å². The van der Waals surface area contributed by atoms with Gasteiger partial charge in [0.25, 0.3) is 0 Å². The third-order valence-electron chi connectivity index (χ3n) is 3.99. The highest BCUT2D eigenvalue weighted by molar-refractivity contribution is 5.77. The van der Waals surface area contributed by atoms with Crippen molar-refractivity contribution < 1.29 is 14.3 Å². The fourth-order valence-electron chi connectivity index (χ4n) is 2.67. The van der Waals surface area contributed by atoms with Crippen LogP contribution in [0.15, 0.2) is 24.3 Å². The maximum absolute atomic E-state index is 12.1. The number of rotatable bonds is 7. The van der Waals surface area contributed by atoms with E-state index in [0.717, 1.165) is 25.0 Å².